The quantitative estimate of drug-likeness (QED) is 0.872. The molecular formula is C17H29N3O. The van der Waals surface area contributed by atoms with Crippen LogP contribution in [0.3, 0.4) is 0 Å². The van der Waals surface area contributed by atoms with Gasteiger partial charge in [-0.3, -0.25) is 4.90 Å². The fraction of sp³-hybridized carbons (Fsp3) is 0.765. The third kappa shape index (κ3) is 4.09. The van der Waals surface area contributed by atoms with Gasteiger partial charge in [0.05, 0.1) is 6.54 Å². The molecule has 2 aliphatic rings. The van der Waals surface area contributed by atoms with Crippen LogP contribution in [0.25, 0.3) is 0 Å². The van der Waals surface area contributed by atoms with Crippen molar-refractivity contribution < 1.29 is 4.42 Å². The van der Waals surface area contributed by atoms with Gasteiger partial charge in [-0.1, -0.05) is 0 Å². The summed E-state index contributed by atoms with van der Waals surface area (Å²) < 4.78 is 5.96. The Balaban J connectivity index is 1.52. The fourth-order valence-electron chi connectivity index (χ4n) is 3.19. The van der Waals surface area contributed by atoms with Crippen LogP contribution < -0.4 is 5.32 Å². The Labute approximate surface area is 128 Å². The summed E-state index contributed by atoms with van der Waals surface area (Å²) in [7, 11) is 4.45. The summed E-state index contributed by atoms with van der Waals surface area (Å²) in [5, 5.41) is 3.57. The van der Waals surface area contributed by atoms with Gasteiger partial charge < -0.3 is 14.6 Å². The standard InChI is InChI=1S/C17H29N3O/c1-13-14(11-18-15-4-5-15)10-17(21-13)12-20(3)16-6-8-19(2)9-7-16/h10,15-16,18H,4-9,11-12H2,1-3H3. The van der Waals surface area contributed by atoms with Crippen LogP contribution in [0.15, 0.2) is 10.5 Å². The predicted octanol–water partition coefficient (Wildman–Crippen LogP) is 2.37. The molecule has 0 unspecified atom stereocenters. The maximum Gasteiger partial charge on any atom is 0.118 e. The third-order valence-corrected chi connectivity index (χ3v) is 4.95. The monoisotopic (exact) mass is 291 g/mol. The molecular weight excluding hydrogens is 262 g/mol. The molecule has 118 valence electrons. The van der Waals surface area contributed by atoms with Crippen molar-refractivity contribution >= 4 is 0 Å². The number of likely N-dealkylation sites (tertiary alicyclic amines) is 1. The number of aryl methyl sites for hydroxylation is 1. The van der Waals surface area contributed by atoms with E-state index in [1.54, 1.807) is 0 Å². The summed E-state index contributed by atoms with van der Waals surface area (Å²) >= 11 is 0. The van der Waals surface area contributed by atoms with E-state index in [-0.39, 0.29) is 0 Å². The third-order valence-electron chi connectivity index (χ3n) is 4.95. The molecule has 0 amide bonds. The summed E-state index contributed by atoms with van der Waals surface area (Å²) in [6, 6.07) is 3.69. The van der Waals surface area contributed by atoms with Gasteiger partial charge in [-0.25, -0.2) is 0 Å². The molecule has 0 bridgehead atoms. The molecule has 0 radical (unpaired) electrons. The second-order valence-corrected chi connectivity index (χ2v) is 6.90. The van der Waals surface area contributed by atoms with Gasteiger partial charge in [0.25, 0.3) is 0 Å². The Morgan fingerprint density at radius 1 is 1.29 bits per heavy atom. The lowest BCUT2D eigenvalue weighted by Crippen LogP contribution is -2.41. The van der Waals surface area contributed by atoms with E-state index >= 15 is 0 Å². The van der Waals surface area contributed by atoms with Gasteiger partial charge in [0.2, 0.25) is 0 Å². The van der Waals surface area contributed by atoms with Crippen molar-refractivity contribution in [1.82, 2.24) is 15.1 Å². The summed E-state index contributed by atoms with van der Waals surface area (Å²) in [5.41, 5.74) is 1.33. The highest BCUT2D eigenvalue weighted by Crippen LogP contribution is 2.22. The largest absolute Gasteiger partial charge is 0.465 e. The van der Waals surface area contributed by atoms with E-state index < -0.39 is 0 Å². The van der Waals surface area contributed by atoms with Crippen molar-refractivity contribution in [3.05, 3.63) is 23.2 Å². The number of furan rings is 1. The van der Waals surface area contributed by atoms with Crippen molar-refractivity contribution in [2.45, 2.75) is 57.8 Å². The maximum atomic E-state index is 5.96. The molecule has 4 heteroatoms. The zero-order chi connectivity index (χ0) is 14.8. The molecule has 1 saturated carbocycles. The van der Waals surface area contributed by atoms with Crippen LogP contribution in [-0.4, -0.2) is 49.1 Å². The van der Waals surface area contributed by atoms with Crippen LogP contribution in [0, 0.1) is 6.92 Å². The number of piperidine rings is 1. The van der Waals surface area contributed by atoms with E-state index in [2.05, 4.69) is 42.2 Å². The SMILES string of the molecule is Cc1oc(CN(C)C2CCN(C)CC2)cc1CNC1CC1. The van der Waals surface area contributed by atoms with Crippen molar-refractivity contribution in [1.29, 1.82) is 0 Å². The summed E-state index contributed by atoms with van der Waals surface area (Å²) in [6.45, 7) is 6.39. The Bertz CT molecular complexity index is 459. The molecule has 4 nitrogen and oxygen atoms in total. The van der Waals surface area contributed by atoms with Crippen LogP contribution in [0.2, 0.25) is 0 Å². The van der Waals surface area contributed by atoms with E-state index in [1.165, 1.54) is 44.3 Å². The Morgan fingerprint density at radius 2 is 2.00 bits per heavy atom. The molecule has 1 aromatic heterocycles. The van der Waals surface area contributed by atoms with Crippen LogP contribution >= 0.6 is 0 Å². The first-order chi connectivity index (χ1) is 10.1. The number of nitrogens with zero attached hydrogens (tertiary/aromatic N) is 2. The topological polar surface area (TPSA) is 31.7 Å². The lowest BCUT2D eigenvalue weighted by Gasteiger charge is -2.34. The Morgan fingerprint density at radius 3 is 2.67 bits per heavy atom. The van der Waals surface area contributed by atoms with E-state index in [9.17, 15) is 0 Å². The van der Waals surface area contributed by atoms with Gasteiger partial charge in [0.15, 0.2) is 0 Å². The van der Waals surface area contributed by atoms with Crippen LogP contribution in [0.4, 0.5) is 0 Å². The highest BCUT2D eigenvalue weighted by molar-refractivity contribution is 5.21. The van der Waals surface area contributed by atoms with E-state index in [0.29, 0.717) is 6.04 Å². The van der Waals surface area contributed by atoms with Crippen molar-refractivity contribution in [3.8, 4) is 0 Å². The molecule has 0 spiro atoms. The van der Waals surface area contributed by atoms with E-state index in [1.807, 2.05) is 0 Å². The summed E-state index contributed by atoms with van der Waals surface area (Å²) in [6.07, 6.45) is 5.21. The number of rotatable bonds is 6. The molecule has 21 heavy (non-hydrogen) atoms. The molecule has 2 fully saturated rings. The average molecular weight is 291 g/mol. The first kappa shape index (κ1) is 15.1. The van der Waals surface area contributed by atoms with E-state index in [4.69, 9.17) is 4.42 Å². The molecule has 1 saturated heterocycles. The highest BCUT2D eigenvalue weighted by Gasteiger charge is 2.23. The second kappa shape index (κ2) is 6.51. The van der Waals surface area contributed by atoms with Crippen LogP contribution in [0.1, 0.15) is 42.8 Å². The van der Waals surface area contributed by atoms with Crippen LogP contribution in [-0.2, 0) is 13.1 Å². The van der Waals surface area contributed by atoms with Crippen molar-refractivity contribution in [3.63, 3.8) is 0 Å². The normalized spacial score (nSPS) is 21.3. The van der Waals surface area contributed by atoms with Gasteiger partial charge in [-0.15, -0.1) is 0 Å². The number of nitrogens with one attached hydrogen (secondary N) is 1. The lowest BCUT2D eigenvalue weighted by atomic mass is 10.0. The summed E-state index contributed by atoms with van der Waals surface area (Å²) in [4.78, 5) is 4.88. The minimum absolute atomic E-state index is 0.694. The molecule has 2 heterocycles. The zero-order valence-corrected chi connectivity index (χ0v) is 13.7. The van der Waals surface area contributed by atoms with Gasteiger partial charge in [-0.2, -0.15) is 0 Å². The fourth-order valence-corrected chi connectivity index (χ4v) is 3.19. The molecule has 1 aliphatic carbocycles. The van der Waals surface area contributed by atoms with Crippen molar-refractivity contribution in [2.24, 2.45) is 0 Å². The van der Waals surface area contributed by atoms with Gasteiger partial charge in [-0.05, 0) is 65.9 Å². The van der Waals surface area contributed by atoms with Gasteiger partial charge >= 0.3 is 0 Å². The minimum atomic E-state index is 0.694. The number of hydrogen-bond acceptors (Lipinski definition) is 4. The first-order valence-corrected chi connectivity index (χ1v) is 8.32. The molecule has 0 aromatic carbocycles. The average Bonchev–Trinajstić information content (AvgIpc) is 3.22. The molecule has 1 aromatic rings. The highest BCUT2D eigenvalue weighted by atomic mass is 16.3. The van der Waals surface area contributed by atoms with Crippen molar-refractivity contribution in [2.75, 3.05) is 27.2 Å². The van der Waals surface area contributed by atoms with Gasteiger partial charge in [0, 0.05) is 24.2 Å². The van der Waals surface area contributed by atoms with Gasteiger partial charge in [0.1, 0.15) is 11.5 Å². The molecule has 3 rings (SSSR count). The summed E-state index contributed by atoms with van der Waals surface area (Å²) in [5.74, 6) is 2.19. The predicted molar refractivity (Wildman–Crippen MR) is 85.3 cm³/mol. The Kier molecular flexibility index (Phi) is 4.67. The zero-order valence-electron chi connectivity index (χ0n) is 13.7. The minimum Gasteiger partial charge on any atom is -0.465 e. The maximum absolute atomic E-state index is 5.96. The first-order valence-electron chi connectivity index (χ1n) is 8.32. The molecule has 0 atom stereocenters. The molecule has 1 N–H and O–H groups in total. The Hall–Kier alpha value is -0.840. The lowest BCUT2D eigenvalue weighted by molar-refractivity contribution is 0.132. The molecule has 1 aliphatic heterocycles. The number of hydrogen-bond donors (Lipinski definition) is 1. The van der Waals surface area contributed by atoms with E-state index in [0.717, 1.165) is 30.7 Å². The van der Waals surface area contributed by atoms with Crippen LogP contribution in [0.5, 0.6) is 0 Å². The second-order valence-electron chi connectivity index (χ2n) is 6.90. The smallest absolute Gasteiger partial charge is 0.118 e.